The number of carbonyl (C=O) groups excluding carboxylic acids is 1. The van der Waals surface area contributed by atoms with Crippen molar-refractivity contribution in [3.05, 3.63) is 53.9 Å². The molecule has 3 rings (SSSR count). The van der Waals surface area contributed by atoms with Crippen molar-refractivity contribution in [3.63, 3.8) is 0 Å². The van der Waals surface area contributed by atoms with E-state index in [0.717, 1.165) is 12.1 Å². The minimum Gasteiger partial charge on any atom is -0.403 e. The maximum atomic E-state index is 13.6. The molecule has 1 N–H and O–H groups in total. The Morgan fingerprint density at radius 2 is 2.12 bits per heavy atom. The van der Waals surface area contributed by atoms with E-state index in [1.807, 2.05) is 0 Å². The highest BCUT2D eigenvalue weighted by Gasteiger charge is 2.32. The van der Waals surface area contributed by atoms with Gasteiger partial charge < -0.3 is 10.1 Å². The van der Waals surface area contributed by atoms with E-state index >= 15 is 0 Å². The molecule has 0 aliphatic heterocycles. The van der Waals surface area contributed by atoms with Gasteiger partial charge in [0.25, 0.3) is 5.91 Å². The first-order valence-corrected chi connectivity index (χ1v) is 6.81. The Hall–Kier alpha value is -3.24. The van der Waals surface area contributed by atoms with E-state index in [0.29, 0.717) is 17.3 Å². The largest absolute Gasteiger partial charge is 0.573 e. The third-order valence-corrected chi connectivity index (χ3v) is 3.13. The second-order valence-electron chi connectivity index (χ2n) is 4.82. The Labute approximate surface area is 137 Å². The number of hydrogen-bond donors (Lipinski definition) is 1. The van der Waals surface area contributed by atoms with Crippen LogP contribution in [-0.4, -0.2) is 32.1 Å². The van der Waals surface area contributed by atoms with Crippen molar-refractivity contribution >= 4 is 11.4 Å². The molecule has 25 heavy (non-hydrogen) atoms. The molecule has 0 aliphatic carbocycles. The van der Waals surface area contributed by atoms with Gasteiger partial charge in [-0.05, 0) is 18.2 Å². The second-order valence-corrected chi connectivity index (χ2v) is 4.82. The molecule has 0 saturated heterocycles. The summed E-state index contributed by atoms with van der Waals surface area (Å²) in [6.07, 6.45) is -0.432. The van der Waals surface area contributed by atoms with Gasteiger partial charge in [0.1, 0.15) is 11.2 Å². The molecule has 130 valence electrons. The third-order valence-electron chi connectivity index (χ3n) is 3.13. The van der Waals surface area contributed by atoms with Crippen LogP contribution in [0, 0.1) is 5.82 Å². The summed E-state index contributed by atoms with van der Waals surface area (Å²) in [5, 5.41) is 10.2. The Bertz CT molecular complexity index is 925. The van der Waals surface area contributed by atoms with Crippen LogP contribution in [0.25, 0.3) is 5.52 Å². The predicted molar refractivity (Wildman–Crippen MR) is 75.0 cm³/mol. The van der Waals surface area contributed by atoms with Gasteiger partial charge in [0.05, 0.1) is 12.7 Å². The van der Waals surface area contributed by atoms with Crippen LogP contribution in [0.4, 0.5) is 17.6 Å². The number of carbonyl (C=O) groups is 1. The molecule has 0 bridgehead atoms. The zero-order valence-corrected chi connectivity index (χ0v) is 12.3. The van der Waals surface area contributed by atoms with Gasteiger partial charge in [0, 0.05) is 18.0 Å². The number of fused-ring (bicyclic) bond motifs is 1. The van der Waals surface area contributed by atoms with E-state index in [1.54, 1.807) is 6.20 Å². The monoisotopic (exact) mass is 355 g/mol. The lowest BCUT2D eigenvalue weighted by molar-refractivity contribution is -0.275. The van der Waals surface area contributed by atoms with Crippen molar-refractivity contribution in [2.75, 3.05) is 0 Å². The summed E-state index contributed by atoms with van der Waals surface area (Å²) in [4.78, 5) is 15.9. The Balaban J connectivity index is 1.70. The summed E-state index contributed by atoms with van der Waals surface area (Å²) in [7, 11) is 0. The first-order chi connectivity index (χ1) is 11.8. The van der Waals surface area contributed by atoms with Crippen LogP contribution in [0.3, 0.4) is 0 Å². The molecule has 3 aromatic rings. The number of ether oxygens (including phenoxy) is 1. The molecule has 2 aromatic heterocycles. The highest BCUT2D eigenvalue weighted by Crippen LogP contribution is 2.26. The van der Waals surface area contributed by atoms with Gasteiger partial charge in [-0.15, -0.1) is 18.3 Å². The quantitative estimate of drug-likeness (QED) is 0.725. The first kappa shape index (κ1) is 16.6. The van der Waals surface area contributed by atoms with Crippen molar-refractivity contribution in [2.24, 2.45) is 0 Å². The normalized spacial score (nSPS) is 11.5. The van der Waals surface area contributed by atoms with E-state index in [4.69, 9.17) is 0 Å². The number of nitrogens with one attached hydrogen (secondary N) is 1. The van der Waals surface area contributed by atoms with Crippen molar-refractivity contribution in [1.29, 1.82) is 0 Å². The number of nitrogens with zero attached hydrogens (tertiary/aromatic N) is 4. The highest BCUT2D eigenvalue weighted by molar-refractivity contribution is 5.94. The van der Waals surface area contributed by atoms with Crippen LogP contribution in [-0.2, 0) is 6.54 Å². The van der Waals surface area contributed by atoms with Gasteiger partial charge in [-0.2, -0.15) is 0 Å². The van der Waals surface area contributed by atoms with Gasteiger partial charge in [-0.1, -0.05) is 5.21 Å². The first-order valence-electron chi connectivity index (χ1n) is 6.81. The van der Waals surface area contributed by atoms with Crippen molar-refractivity contribution in [3.8, 4) is 5.75 Å². The summed E-state index contributed by atoms with van der Waals surface area (Å²) in [5.74, 6) is -3.01. The second kappa shape index (κ2) is 6.34. The van der Waals surface area contributed by atoms with Crippen molar-refractivity contribution in [1.82, 2.24) is 25.1 Å². The zero-order chi connectivity index (χ0) is 18.0. The van der Waals surface area contributed by atoms with E-state index in [1.165, 1.54) is 16.9 Å². The Kier molecular flexibility index (Phi) is 4.21. The molecule has 0 fully saturated rings. The molecule has 0 atom stereocenters. The van der Waals surface area contributed by atoms with Crippen LogP contribution in [0.5, 0.6) is 5.75 Å². The molecule has 0 spiro atoms. The SMILES string of the molecule is O=C(NCc1nnn2ccncc12)c1ccc(OC(F)(F)F)c(F)c1. The topological polar surface area (TPSA) is 81.4 Å². The molecule has 1 amide bonds. The zero-order valence-electron chi connectivity index (χ0n) is 12.3. The highest BCUT2D eigenvalue weighted by atomic mass is 19.4. The Morgan fingerprint density at radius 1 is 1.32 bits per heavy atom. The van der Waals surface area contributed by atoms with Crippen LogP contribution in [0.15, 0.2) is 36.8 Å². The maximum absolute atomic E-state index is 13.6. The molecule has 1 aromatic carbocycles. The van der Waals surface area contributed by atoms with E-state index in [-0.39, 0.29) is 12.1 Å². The molecule has 0 radical (unpaired) electrons. The maximum Gasteiger partial charge on any atom is 0.573 e. The average Bonchev–Trinajstić information content (AvgIpc) is 2.96. The molecule has 2 heterocycles. The summed E-state index contributed by atoms with van der Waals surface area (Å²) >= 11 is 0. The minimum atomic E-state index is -5.02. The molecular weight excluding hydrogens is 346 g/mol. The van der Waals surface area contributed by atoms with Crippen LogP contribution < -0.4 is 10.1 Å². The lowest BCUT2D eigenvalue weighted by Gasteiger charge is -2.10. The van der Waals surface area contributed by atoms with E-state index in [2.05, 4.69) is 25.3 Å². The fraction of sp³-hybridized carbons (Fsp3) is 0.143. The van der Waals surface area contributed by atoms with Crippen LogP contribution in [0.1, 0.15) is 16.1 Å². The third kappa shape index (κ3) is 3.82. The van der Waals surface area contributed by atoms with Crippen molar-refractivity contribution < 1.29 is 27.1 Å². The fourth-order valence-corrected chi connectivity index (χ4v) is 2.03. The summed E-state index contributed by atoms with van der Waals surface area (Å²) < 4.78 is 54.9. The Morgan fingerprint density at radius 3 is 2.84 bits per heavy atom. The molecule has 0 unspecified atom stereocenters. The fourth-order valence-electron chi connectivity index (χ4n) is 2.03. The molecule has 0 saturated carbocycles. The van der Waals surface area contributed by atoms with Gasteiger partial charge >= 0.3 is 6.36 Å². The summed E-state index contributed by atoms with van der Waals surface area (Å²) in [6.45, 7) is -0.0174. The standard InChI is InChI=1S/C14H9F4N5O2/c15-9-5-8(1-2-12(9)25-14(16,17)18)13(24)20-6-10-11-7-19-3-4-23(11)22-21-10/h1-5,7H,6H2,(H,20,24). The summed E-state index contributed by atoms with van der Waals surface area (Å²) in [5.41, 5.74) is 0.837. The molecular formula is C14H9F4N5O2. The van der Waals surface area contributed by atoms with E-state index < -0.39 is 23.8 Å². The van der Waals surface area contributed by atoms with Gasteiger partial charge in [0.2, 0.25) is 0 Å². The van der Waals surface area contributed by atoms with E-state index in [9.17, 15) is 22.4 Å². The number of halogens is 4. The predicted octanol–water partition coefficient (Wildman–Crippen LogP) is 2.09. The smallest absolute Gasteiger partial charge is 0.403 e. The number of hydrogen-bond acceptors (Lipinski definition) is 5. The van der Waals surface area contributed by atoms with Crippen molar-refractivity contribution in [2.45, 2.75) is 12.9 Å². The number of aromatic nitrogens is 4. The van der Waals surface area contributed by atoms with Crippen LogP contribution in [0.2, 0.25) is 0 Å². The minimum absolute atomic E-state index is 0.0174. The number of benzene rings is 1. The molecule has 7 nitrogen and oxygen atoms in total. The van der Waals surface area contributed by atoms with Gasteiger partial charge in [-0.3, -0.25) is 9.78 Å². The van der Waals surface area contributed by atoms with Gasteiger partial charge in [-0.25, -0.2) is 8.91 Å². The lowest BCUT2D eigenvalue weighted by atomic mass is 10.2. The number of alkyl halides is 3. The molecule has 11 heteroatoms. The van der Waals surface area contributed by atoms with Crippen LogP contribution >= 0.6 is 0 Å². The lowest BCUT2D eigenvalue weighted by Crippen LogP contribution is -2.23. The molecule has 0 aliphatic rings. The average molecular weight is 355 g/mol. The number of rotatable bonds is 4. The van der Waals surface area contributed by atoms with Gasteiger partial charge in [0.15, 0.2) is 11.6 Å². The summed E-state index contributed by atoms with van der Waals surface area (Å²) in [6, 6.07) is 2.40. The number of amides is 1.